The smallest absolute Gasteiger partial charge is 0.407 e. The highest BCUT2D eigenvalue weighted by Crippen LogP contribution is 2.38. The first-order valence-electron chi connectivity index (χ1n) is 8.75. The maximum atomic E-state index is 12.0. The van der Waals surface area contributed by atoms with Gasteiger partial charge in [0.1, 0.15) is 6.61 Å². The Morgan fingerprint density at radius 2 is 1.96 bits per heavy atom. The third-order valence-corrected chi connectivity index (χ3v) is 5.71. The van der Waals surface area contributed by atoms with Gasteiger partial charge in [0.25, 0.3) is 0 Å². The third kappa shape index (κ3) is 7.00. The van der Waals surface area contributed by atoms with Crippen LogP contribution < -0.4 is 16.0 Å². The van der Waals surface area contributed by atoms with Gasteiger partial charge in [-0.3, -0.25) is 9.59 Å². The number of carbonyl (C=O) groups is 3. The second-order valence-corrected chi connectivity index (χ2v) is 7.42. The fourth-order valence-corrected chi connectivity index (χ4v) is 4.52. The molecular weight excluding hydrogens is 362 g/mol. The number of ether oxygens (including phenoxy) is 3. The van der Waals surface area contributed by atoms with Crippen LogP contribution in [0.2, 0.25) is 0 Å². The maximum Gasteiger partial charge on any atom is 0.407 e. The van der Waals surface area contributed by atoms with Crippen LogP contribution in [-0.2, 0) is 23.8 Å². The van der Waals surface area contributed by atoms with Crippen molar-refractivity contribution in [3.63, 3.8) is 0 Å². The highest BCUT2D eigenvalue weighted by atomic mass is 32.2. The van der Waals surface area contributed by atoms with Gasteiger partial charge in [-0.15, -0.1) is 0 Å². The van der Waals surface area contributed by atoms with Crippen LogP contribution >= 0.6 is 11.8 Å². The summed E-state index contributed by atoms with van der Waals surface area (Å²) in [6.07, 6.45) is 0.476. The number of hydrogen-bond donors (Lipinski definition) is 3. The summed E-state index contributed by atoms with van der Waals surface area (Å²) in [5.41, 5.74) is 0. The molecule has 2 aliphatic rings. The number of amides is 3. The second-order valence-electron chi connectivity index (χ2n) is 6.15. The summed E-state index contributed by atoms with van der Waals surface area (Å²) < 4.78 is 14.9. The number of carbonyl (C=O) groups excluding carboxylic acids is 3. The number of fused-ring (bicyclic) bond motifs is 1. The average Bonchev–Trinajstić information content (AvgIpc) is 3.14. The predicted molar refractivity (Wildman–Crippen MR) is 96.0 cm³/mol. The van der Waals surface area contributed by atoms with E-state index in [1.165, 1.54) is 7.11 Å². The van der Waals surface area contributed by atoms with Crippen LogP contribution in [0.25, 0.3) is 0 Å². The fourth-order valence-electron chi connectivity index (χ4n) is 2.94. The molecule has 9 nitrogen and oxygen atoms in total. The van der Waals surface area contributed by atoms with Gasteiger partial charge in [0.15, 0.2) is 0 Å². The van der Waals surface area contributed by atoms with Gasteiger partial charge < -0.3 is 30.2 Å². The topological polar surface area (TPSA) is 115 Å². The van der Waals surface area contributed by atoms with Gasteiger partial charge in [-0.2, -0.15) is 11.8 Å². The first kappa shape index (κ1) is 20.8. The lowest BCUT2D eigenvalue weighted by atomic mass is 9.99. The summed E-state index contributed by atoms with van der Waals surface area (Å²) in [7, 11) is 1.53. The Hall–Kier alpha value is -1.52. The van der Waals surface area contributed by atoms with Crippen molar-refractivity contribution in [2.45, 2.75) is 24.1 Å². The van der Waals surface area contributed by atoms with Crippen LogP contribution in [0.4, 0.5) is 4.79 Å². The van der Waals surface area contributed by atoms with Gasteiger partial charge >= 0.3 is 6.09 Å². The van der Waals surface area contributed by atoms with Crippen molar-refractivity contribution in [3.05, 3.63) is 0 Å². The monoisotopic (exact) mass is 389 g/mol. The van der Waals surface area contributed by atoms with Crippen LogP contribution in [0.15, 0.2) is 0 Å². The molecule has 0 aromatic heterocycles. The van der Waals surface area contributed by atoms with E-state index in [0.29, 0.717) is 51.7 Å². The van der Waals surface area contributed by atoms with Gasteiger partial charge in [0.2, 0.25) is 11.8 Å². The normalized spacial score (nSPS) is 24.0. The summed E-state index contributed by atoms with van der Waals surface area (Å²) in [5, 5.41) is 8.49. The van der Waals surface area contributed by atoms with E-state index >= 15 is 0 Å². The van der Waals surface area contributed by atoms with Crippen molar-refractivity contribution >= 4 is 29.7 Å². The number of nitrogens with one attached hydrogen (secondary N) is 3. The standard InChI is InChI=1S/C16H27N3O6S/c1-23-6-7-25-16(22)18-3-5-24-4-2-17-13(20)9-12-15-11(10-26-12)8-14(21)19-15/h11-12,15H,2-10H2,1H3,(H,17,20)(H,18,22)(H,19,21). The summed E-state index contributed by atoms with van der Waals surface area (Å²) >= 11 is 1.76. The van der Waals surface area contributed by atoms with E-state index in [4.69, 9.17) is 14.2 Å². The van der Waals surface area contributed by atoms with Crippen molar-refractivity contribution < 1.29 is 28.6 Å². The van der Waals surface area contributed by atoms with Crippen molar-refractivity contribution in [3.8, 4) is 0 Å². The van der Waals surface area contributed by atoms with E-state index in [0.717, 1.165) is 5.75 Å². The summed E-state index contributed by atoms with van der Waals surface area (Å²) in [6, 6.07) is 0.129. The first-order valence-corrected chi connectivity index (χ1v) is 9.80. The van der Waals surface area contributed by atoms with Gasteiger partial charge in [-0.05, 0) is 11.7 Å². The molecule has 0 aromatic rings. The molecule has 2 heterocycles. The molecule has 3 N–H and O–H groups in total. The Labute approximate surface area is 157 Å². The molecule has 148 valence electrons. The van der Waals surface area contributed by atoms with E-state index in [-0.39, 0.29) is 29.7 Å². The number of methoxy groups -OCH3 is 1. The minimum Gasteiger partial charge on any atom is -0.447 e. The molecule has 0 saturated carbocycles. The molecule has 2 rings (SSSR count). The predicted octanol–water partition coefficient (Wildman–Crippen LogP) is -0.498. The largest absolute Gasteiger partial charge is 0.447 e. The molecule has 0 aromatic carbocycles. The third-order valence-electron chi connectivity index (χ3n) is 4.20. The summed E-state index contributed by atoms with van der Waals surface area (Å²) in [6.45, 7) is 2.02. The SMILES string of the molecule is COCCOC(=O)NCCOCCNC(=O)CC1SCC2CC(=O)NC21. The molecular formula is C16H27N3O6S. The van der Waals surface area contributed by atoms with E-state index in [1.807, 2.05) is 0 Å². The lowest BCUT2D eigenvalue weighted by molar-refractivity contribution is -0.122. The van der Waals surface area contributed by atoms with Crippen LogP contribution in [0, 0.1) is 5.92 Å². The van der Waals surface area contributed by atoms with Gasteiger partial charge in [-0.1, -0.05) is 0 Å². The molecule has 0 spiro atoms. The summed E-state index contributed by atoms with van der Waals surface area (Å²) in [5.74, 6) is 1.36. The van der Waals surface area contributed by atoms with Crippen LogP contribution in [0.3, 0.4) is 0 Å². The minimum atomic E-state index is -0.509. The zero-order valence-corrected chi connectivity index (χ0v) is 15.8. The molecule has 0 radical (unpaired) electrons. The Bertz CT molecular complexity index is 493. The van der Waals surface area contributed by atoms with Crippen LogP contribution in [0.1, 0.15) is 12.8 Å². The molecule has 2 fully saturated rings. The Kier molecular flexibility index (Phi) is 8.99. The van der Waals surface area contributed by atoms with E-state index < -0.39 is 6.09 Å². The zero-order chi connectivity index (χ0) is 18.8. The molecule has 3 unspecified atom stereocenters. The Morgan fingerprint density at radius 1 is 1.19 bits per heavy atom. The quantitative estimate of drug-likeness (QED) is 0.408. The average molecular weight is 389 g/mol. The molecule has 10 heteroatoms. The minimum absolute atomic E-state index is 0.0345. The van der Waals surface area contributed by atoms with Crippen molar-refractivity contribution in [2.75, 3.05) is 52.4 Å². The lowest BCUT2D eigenvalue weighted by Crippen LogP contribution is -2.38. The maximum absolute atomic E-state index is 12.0. The van der Waals surface area contributed by atoms with E-state index in [2.05, 4.69) is 16.0 Å². The molecule has 3 amide bonds. The number of thioether (sulfide) groups is 1. The molecule has 0 aliphatic carbocycles. The van der Waals surface area contributed by atoms with Crippen molar-refractivity contribution in [1.82, 2.24) is 16.0 Å². The molecule has 3 atom stereocenters. The number of alkyl carbamates (subject to hydrolysis) is 1. The van der Waals surface area contributed by atoms with E-state index in [9.17, 15) is 14.4 Å². The number of rotatable bonds is 11. The van der Waals surface area contributed by atoms with Gasteiger partial charge in [0, 0.05) is 44.3 Å². The molecule has 0 bridgehead atoms. The summed E-state index contributed by atoms with van der Waals surface area (Å²) in [4.78, 5) is 34.6. The first-order chi connectivity index (χ1) is 12.6. The molecule has 2 aliphatic heterocycles. The Morgan fingerprint density at radius 3 is 2.73 bits per heavy atom. The highest BCUT2D eigenvalue weighted by molar-refractivity contribution is 8.00. The number of hydrogen-bond acceptors (Lipinski definition) is 7. The fraction of sp³-hybridized carbons (Fsp3) is 0.812. The van der Waals surface area contributed by atoms with Crippen molar-refractivity contribution in [2.24, 2.45) is 5.92 Å². The molecule has 2 saturated heterocycles. The van der Waals surface area contributed by atoms with Gasteiger partial charge in [0.05, 0.1) is 19.8 Å². The molecule has 26 heavy (non-hydrogen) atoms. The van der Waals surface area contributed by atoms with E-state index in [1.54, 1.807) is 11.8 Å². The van der Waals surface area contributed by atoms with Crippen molar-refractivity contribution in [1.29, 1.82) is 0 Å². The van der Waals surface area contributed by atoms with Crippen LogP contribution in [-0.4, -0.2) is 81.6 Å². The van der Waals surface area contributed by atoms with Gasteiger partial charge in [-0.25, -0.2) is 4.79 Å². The second kappa shape index (κ2) is 11.2. The zero-order valence-electron chi connectivity index (χ0n) is 15.0. The Balaban J connectivity index is 1.44. The van der Waals surface area contributed by atoms with Crippen LogP contribution in [0.5, 0.6) is 0 Å². The lowest BCUT2D eigenvalue weighted by Gasteiger charge is -2.17. The highest BCUT2D eigenvalue weighted by Gasteiger charge is 2.43.